The maximum absolute atomic E-state index is 13.0. The van der Waals surface area contributed by atoms with Gasteiger partial charge in [-0.1, -0.05) is 23.7 Å². The number of pyridine rings is 1. The number of benzene rings is 2. The molecule has 0 bridgehead atoms. The molecule has 0 atom stereocenters. The normalized spacial score (nSPS) is 14.5. The number of aromatic nitrogens is 2. The van der Waals surface area contributed by atoms with Crippen molar-refractivity contribution < 1.29 is 40.6 Å². The number of sulfone groups is 1. The molecule has 42 heavy (non-hydrogen) atoms. The van der Waals surface area contributed by atoms with Crippen molar-refractivity contribution in [1.29, 1.82) is 0 Å². The van der Waals surface area contributed by atoms with Crippen LogP contribution in [0.3, 0.4) is 0 Å². The van der Waals surface area contributed by atoms with Gasteiger partial charge in [-0.3, -0.25) is 4.90 Å². The first kappa shape index (κ1) is 30.9. The second-order valence-corrected chi connectivity index (χ2v) is 13.4. The van der Waals surface area contributed by atoms with Gasteiger partial charge in [0.25, 0.3) is 0 Å². The van der Waals surface area contributed by atoms with Crippen LogP contribution in [0.4, 0.5) is 13.2 Å². The molecule has 0 unspecified atom stereocenters. The molecule has 2 aromatic carbocycles. The van der Waals surface area contributed by atoms with Crippen LogP contribution in [0.2, 0.25) is 5.02 Å². The summed E-state index contributed by atoms with van der Waals surface area (Å²) in [5, 5.41) is 1.49. The number of hydrogen-bond donors (Lipinski definition) is 3. The third kappa shape index (κ3) is 7.34. The third-order valence-corrected chi connectivity index (χ3v) is 9.74. The molecule has 226 valence electrons. The van der Waals surface area contributed by atoms with Crippen LogP contribution in [0.5, 0.6) is 5.75 Å². The lowest BCUT2D eigenvalue weighted by Gasteiger charge is -2.23. The zero-order chi connectivity index (χ0) is 30.1. The number of halogens is 4. The topological polar surface area (TPSA) is 125 Å². The van der Waals surface area contributed by atoms with Crippen molar-refractivity contribution >= 4 is 52.0 Å². The van der Waals surface area contributed by atoms with E-state index in [1.165, 1.54) is 6.20 Å². The number of aromatic amines is 1. The van der Waals surface area contributed by atoms with Crippen molar-refractivity contribution in [1.82, 2.24) is 14.9 Å². The highest BCUT2D eigenvalue weighted by Crippen LogP contribution is 2.41. The smallest absolute Gasteiger partial charge is 0.401 e. The lowest BCUT2D eigenvalue weighted by atomic mass is 9.99. The summed E-state index contributed by atoms with van der Waals surface area (Å²) < 4.78 is 75.5. The molecule has 1 aliphatic carbocycles. The van der Waals surface area contributed by atoms with Crippen LogP contribution < -0.4 is 4.74 Å². The minimum Gasteiger partial charge on any atom is -0.491 e. The van der Waals surface area contributed by atoms with E-state index in [0.717, 1.165) is 15.8 Å². The Hall–Kier alpha value is -2.51. The number of nitrogens with zero attached hydrogens (tertiary/aromatic N) is 2. The second-order valence-electron chi connectivity index (χ2n) is 9.99. The molecule has 0 spiro atoms. The van der Waals surface area contributed by atoms with Gasteiger partial charge in [-0.25, -0.2) is 13.4 Å². The van der Waals surface area contributed by atoms with Crippen LogP contribution in [0, 0.1) is 0 Å². The summed E-state index contributed by atoms with van der Waals surface area (Å²) in [6, 6.07) is 12.1. The molecular formula is C27H28ClF3N3O6PS. The zero-order valence-electron chi connectivity index (χ0n) is 22.1. The fourth-order valence-corrected chi connectivity index (χ4v) is 6.96. The minimum absolute atomic E-state index is 0.0327. The molecule has 5 rings (SSSR count). The zero-order valence-corrected chi connectivity index (χ0v) is 24.6. The van der Waals surface area contributed by atoms with E-state index in [1.54, 1.807) is 30.3 Å². The van der Waals surface area contributed by atoms with Crippen LogP contribution in [-0.2, 0) is 14.4 Å². The van der Waals surface area contributed by atoms with Gasteiger partial charge < -0.3 is 24.0 Å². The lowest BCUT2D eigenvalue weighted by molar-refractivity contribution is -0.146. The molecule has 0 saturated heterocycles. The monoisotopic (exact) mass is 645 g/mol. The standard InChI is InChI=1S/C27H28ClF3N3O6PS/c28-18-14-22-24-21(17-3-1-4-20(13-17)42(37,38)19-5-6-19)7-8-23(25(24)33-26(22)32-15-18)39-11-2-9-34(16-27(29,30)31)10-12-40-41(35)36/h1,3-4,7-8,13-15,19,35-36H,2,5-6,9-12,16H2,(H,32,33). The molecule has 15 heteroatoms. The Labute approximate surface area is 246 Å². The number of ether oxygens (including phenoxy) is 1. The first-order chi connectivity index (χ1) is 19.9. The minimum atomic E-state index is -4.43. The van der Waals surface area contributed by atoms with Gasteiger partial charge in [0.05, 0.1) is 40.4 Å². The molecule has 2 aromatic heterocycles. The number of nitrogens with one attached hydrogen (secondary N) is 1. The van der Waals surface area contributed by atoms with Gasteiger partial charge in [0.1, 0.15) is 11.4 Å². The summed E-state index contributed by atoms with van der Waals surface area (Å²) >= 11 is 6.26. The highest BCUT2D eigenvalue weighted by Gasteiger charge is 2.37. The van der Waals surface area contributed by atoms with Gasteiger partial charge in [0.15, 0.2) is 9.84 Å². The van der Waals surface area contributed by atoms with Gasteiger partial charge >= 0.3 is 14.8 Å². The fraction of sp³-hybridized carbons (Fsp3) is 0.370. The Morgan fingerprint density at radius 1 is 1.12 bits per heavy atom. The molecule has 9 nitrogen and oxygen atoms in total. The SMILES string of the molecule is O=S(=O)(c1cccc(-c2ccc(OCCCN(CCOP(O)O)CC(F)(F)F)c3[nH]c4ncc(Cl)cc4c23)c1)C1CC1. The van der Waals surface area contributed by atoms with E-state index in [2.05, 4.69) is 14.5 Å². The first-order valence-corrected chi connectivity index (χ1v) is 16.2. The lowest BCUT2D eigenvalue weighted by Crippen LogP contribution is -2.37. The summed E-state index contributed by atoms with van der Waals surface area (Å²) in [4.78, 5) is 26.7. The molecular weight excluding hydrogens is 618 g/mol. The quantitative estimate of drug-likeness (QED) is 0.123. The Kier molecular flexibility index (Phi) is 9.29. The van der Waals surface area contributed by atoms with Crippen molar-refractivity contribution in [3.05, 3.63) is 53.7 Å². The summed E-state index contributed by atoms with van der Waals surface area (Å²) in [5.74, 6) is 0.446. The van der Waals surface area contributed by atoms with Crippen molar-refractivity contribution in [2.45, 2.75) is 35.6 Å². The molecule has 1 aliphatic rings. The second kappa shape index (κ2) is 12.6. The molecule has 2 heterocycles. The Morgan fingerprint density at radius 3 is 2.62 bits per heavy atom. The highest BCUT2D eigenvalue weighted by molar-refractivity contribution is 7.92. The van der Waals surface area contributed by atoms with Gasteiger partial charge in [0.2, 0.25) is 0 Å². The van der Waals surface area contributed by atoms with Crippen LogP contribution in [0.15, 0.2) is 53.6 Å². The van der Waals surface area contributed by atoms with E-state index in [1.807, 2.05) is 12.1 Å². The van der Waals surface area contributed by atoms with Gasteiger partial charge in [-0.05, 0) is 60.7 Å². The van der Waals surface area contributed by atoms with E-state index >= 15 is 0 Å². The van der Waals surface area contributed by atoms with Crippen LogP contribution in [0.1, 0.15) is 19.3 Å². The maximum Gasteiger partial charge on any atom is 0.401 e. The van der Waals surface area contributed by atoms with E-state index in [-0.39, 0.29) is 42.9 Å². The molecule has 0 aliphatic heterocycles. The molecule has 0 radical (unpaired) electrons. The number of fused-ring (bicyclic) bond motifs is 3. The largest absolute Gasteiger partial charge is 0.491 e. The van der Waals surface area contributed by atoms with E-state index in [9.17, 15) is 21.6 Å². The number of hydrogen-bond acceptors (Lipinski definition) is 8. The molecule has 3 N–H and O–H groups in total. The molecule has 4 aromatic rings. The van der Waals surface area contributed by atoms with Crippen LogP contribution >= 0.6 is 20.2 Å². The summed E-state index contributed by atoms with van der Waals surface area (Å²) in [7, 11) is -6.06. The van der Waals surface area contributed by atoms with Crippen LogP contribution in [-0.4, -0.2) is 77.3 Å². The third-order valence-electron chi connectivity index (χ3n) is 6.86. The van der Waals surface area contributed by atoms with Crippen molar-refractivity contribution in [3.63, 3.8) is 0 Å². The Balaban J connectivity index is 1.40. The van der Waals surface area contributed by atoms with Crippen molar-refractivity contribution in [2.24, 2.45) is 0 Å². The Morgan fingerprint density at radius 2 is 1.90 bits per heavy atom. The first-order valence-electron chi connectivity index (χ1n) is 13.1. The maximum atomic E-state index is 13.0. The number of H-pyrrole nitrogens is 1. The van der Waals surface area contributed by atoms with Crippen molar-refractivity contribution in [2.75, 3.05) is 32.8 Å². The van der Waals surface area contributed by atoms with Gasteiger partial charge in [0, 0.05) is 30.1 Å². The molecule has 0 amide bonds. The fourth-order valence-electron chi connectivity index (χ4n) is 4.85. The predicted octanol–water partition coefficient (Wildman–Crippen LogP) is 5.83. The molecule has 1 fully saturated rings. The van der Waals surface area contributed by atoms with Crippen LogP contribution in [0.25, 0.3) is 33.1 Å². The number of rotatable bonds is 13. The summed E-state index contributed by atoms with van der Waals surface area (Å²) in [5.41, 5.74) is 2.56. The van der Waals surface area contributed by atoms with E-state index in [4.69, 9.17) is 26.1 Å². The predicted molar refractivity (Wildman–Crippen MR) is 154 cm³/mol. The Bertz CT molecular complexity index is 1680. The van der Waals surface area contributed by atoms with E-state index < -0.39 is 31.2 Å². The van der Waals surface area contributed by atoms with Gasteiger partial charge in [-0.2, -0.15) is 13.2 Å². The molecule has 1 saturated carbocycles. The average molecular weight is 646 g/mol. The summed E-state index contributed by atoms with van der Waals surface area (Å²) in [6.07, 6.45) is -1.37. The summed E-state index contributed by atoms with van der Waals surface area (Å²) in [6.45, 7) is -1.44. The van der Waals surface area contributed by atoms with Gasteiger partial charge in [-0.15, -0.1) is 0 Å². The average Bonchev–Trinajstić information content (AvgIpc) is 3.72. The highest BCUT2D eigenvalue weighted by atomic mass is 35.5. The van der Waals surface area contributed by atoms with E-state index in [0.29, 0.717) is 45.7 Å². The number of alkyl halides is 3. The van der Waals surface area contributed by atoms with Crippen molar-refractivity contribution in [3.8, 4) is 16.9 Å².